The molecule has 0 aliphatic rings. The summed E-state index contributed by atoms with van der Waals surface area (Å²) in [6, 6.07) is 25.9. The Kier molecular flexibility index (Phi) is 4.62. The third kappa shape index (κ3) is 3.61. The van der Waals surface area contributed by atoms with Gasteiger partial charge in [-0.15, -0.1) is 15.0 Å². The average Bonchev–Trinajstić information content (AvgIpc) is 3.22. The normalized spacial score (nSPS) is 12.2. The average molecular weight is 427 g/mol. The molecule has 0 bridgehead atoms. The van der Waals surface area contributed by atoms with Crippen molar-refractivity contribution in [2.45, 2.75) is 4.90 Å². The van der Waals surface area contributed by atoms with Crippen molar-refractivity contribution in [3.05, 3.63) is 96.1 Å². The topological polar surface area (TPSA) is 85.1 Å². The van der Waals surface area contributed by atoms with Crippen LogP contribution in [0, 0.1) is 0 Å². The third-order valence-electron chi connectivity index (χ3n) is 5.07. The van der Waals surface area contributed by atoms with Crippen LogP contribution in [0.3, 0.4) is 0 Å². The van der Waals surface area contributed by atoms with Crippen LogP contribution in [0.25, 0.3) is 39.6 Å². The quantitative estimate of drug-likeness (QED) is 0.323. The molecular weight excluding hydrogens is 410 g/mol. The summed E-state index contributed by atoms with van der Waals surface area (Å²) in [5.41, 5.74) is 3.55. The molecule has 1 aromatic heterocycles. The summed E-state index contributed by atoms with van der Waals surface area (Å²) in [5, 5.41) is 11.5. The summed E-state index contributed by atoms with van der Waals surface area (Å²) in [4.78, 5) is 1.45. The van der Waals surface area contributed by atoms with Crippen LogP contribution < -0.4 is 0 Å². The summed E-state index contributed by atoms with van der Waals surface area (Å²) in [6.45, 7) is 0. The molecule has 0 spiro atoms. The molecule has 5 rings (SSSR count). The lowest BCUT2D eigenvalue weighted by atomic mass is 10.1. The van der Waals surface area contributed by atoms with Crippen LogP contribution in [0.4, 0.5) is 0 Å². The highest BCUT2D eigenvalue weighted by Gasteiger charge is 2.13. The van der Waals surface area contributed by atoms with Gasteiger partial charge in [0, 0.05) is 10.9 Å². The van der Waals surface area contributed by atoms with Crippen molar-refractivity contribution in [1.82, 2.24) is 15.0 Å². The van der Waals surface area contributed by atoms with Crippen LogP contribution in [0.5, 0.6) is 0 Å². The Hall–Kier alpha value is -3.81. The zero-order chi connectivity index (χ0) is 21.4. The van der Waals surface area contributed by atoms with E-state index in [1.165, 1.54) is 6.07 Å². The fourth-order valence-electron chi connectivity index (χ4n) is 3.60. The summed E-state index contributed by atoms with van der Waals surface area (Å²) < 4.78 is 32.8. The van der Waals surface area contributed by atoms with Crippen molar-refractivity contribution in [3.63, 3.8) is 0 Å². The number of rotatable bonds is 4. The second kappa shape index (κ2) is 7.46. The first kappa shape index (κ1) is 19.2. The lowest BCUT2D eigenvalue weighted by molar-refractivity contribution is 0.483. The Bertz CT molecular complexity index is 1570. The molecule has 0 unspecified atom stereocenters. The SMILES string of the molecule is O=S(=O)(O)c1ccccc1/C=C/c1ccccc1-n1nc2ccc3ccccc3c2n1. The van der Waals surface area contributed by atoms with Gasteiger partial charge in [-0.05, 0) is 29.1 Å². The highest BCUT2D eigenvalue weighted by atomic mass is 32.2. The van der Waals surface area contributed by atoms with Gasteiger partial charge in [0.15, 0.2) is 0 Å². The van der Waals surface area contributed by atoms with Gasteiger partial charge in [-0.3, -0.25) is 4.55 Å². The van der Waals surface area contributed by atoms with Crippen LogP contribution in [-0.4, -0.2) is 28.0 Å². The predicted octanol–water partition coefficient (Wildman–Crippen LogP) is 4.99. The van der Waals surface area contributed by atoms with Gasteiger partial charge in [-0.25, -0.2) is 0 Å². The second-order valence-corrected chi connectivity index (χ2v) is 8.44. The predicted molar refractivity (Wildman–Crippen MR) is 122 cm³/mol. The molecule has 152 valence electrons. The number of benzene rings is 4. The lowest BCUT2D eigenvalue weighted by Gasteiger charge is -2.05. The molecule has 7 heteroatoms. The van der Waals surface area contributed by atoms with Crippen molar-refractivity contribution in [3.8, 4) is 5.69 Å². The molecular formula is C24H17N3O3S. The van der Waals surface area contributed by atoms with Crippen LogP contribution >= 0.6 is 0 Å². The summed E-state index contributed by atoms with van der Waals surface area (Å²) in [7, 11) is -4.32. The Balaban J connectivity index is 1.61. The van der Waals surface area contributed by atoms with Crippen molar-refractivity contribution in [1.29, 1.82) is 0 Å². The smallest absolute Gasteiger partial charge is 0.282 e. The van der Waals surface area contributed by atoms with Gasteiger partial charge in [0.1, 0.15) is 15.9 Å². The van der Waals surface area contributed by atoms with E-state index in [-0.39, 0.29) is 4.90 Å². The number of hydrogen-bond acceptors (Lipinski definition) is 4. The minimum Gasteiger partial charge on any atom is -0.282 e. The van der Waals surface area contributed by atoms with Gasteiger partial charge in [0.25, 0.3) is 10.1 Å². The number of aromatic nitrogens is 3. The number of fused-ring (bicyclic) bond motifs is 3. The first-order valence-electron chi connectivity index (χ1n) is 9.59. The van der Waals surface area contributed by atoms with Crippen LogP contribution in [0.2, 0.25) is 0 Å². The van der Waals surface area contributed by atoms with Crippen molar-refractivity contribution >= 4 is 44.1 Å². The monoisotopic (exact) mass is 427 g/mol. The molecule has 0 saturated heterocycles. The maximum atomic E-state index is 11.7. The van der Waals surface area contributed by atoms with E-state index in [0.717, 1.165) is 33.1 Å². The molecule has 6 nitrogen and oxygen atoms in total. The minimum absolute atomic E-state index is 0.141. The zero-order valence-electron chi connectivity index (χ0n) is 16.3. The van der Waals surface area contributed by atoms with Crippen LogP contribution in [-0.2, 0) is 10.1 Å². The van der Waals surface area contributed by atoms with Gasteiger partial charge in [0.2, 0.25) is 0 Å². The first-order chi connectivity index (χ1) is 15.0. The first-order valence-corrected chi connectivity index (χ1v) is 11.0. The highest BCUT2D eigenvalue weighted by molar-refractivity contribution is 7.85. The van der Waals surface area contributed by atoms with Crippen molar-refractivity contribution < 1.29 is 13.0 Å². The van der Waals surface area contributed by atoms with Gasteiger partial charge in [-0.2, -0.15) is 8.42 Å². The summed E-state index contributed by atoms with van der Waals surface area (Å²) in [6.07, 6.45) is 3.44. The maximum absolute atomic E-state index is 11.7. The molecule has 4 aromatic carbocycles. The van der Waals surface area contributed by atoms with Crippen LogP contribution in [0.15, 0.2) is 89.8 Å². The fraction of sp³-hybridized carbons (Fsp3) is 0. The summed E-state index contributed by atoms with van der Waals surface area (Å²) >= 11 is 0. The van der Waals surface area contributed by atoms with E-state index < -0.39 is 10.1 Å². The molecule has 1 N–H and O–H groups in total. The van der Waals surface area contributed by atoms with Gasteiger partial charge >= 0.3 is 0 Å². The third-order valence-corrected chi connectivity index (χ3v) is 6.00. The standard InChI is InChI=1S/C24H17N3O3S/c28-31(29,30)23-12-6-3-9-19(23)14-13-18-8-2-5-11-22(18)27-25-21-16-15-17-7-1-4-10-20(17)24(21)26-27/h1-16H,(H,28,29,30)/b14-13+. The van der Waals surface area contributed by atoms with Crippen molar-refractivity contribution in [2.24, 2.45) is 0 Å². The molecule has 31 heavy (non-hydrogen) atoms. The van der Waals surface area contributed by atoms with E-state index in [2.05, 4.69) is 5.10 Å². The Morgan fingerprint density at radius 3 is 2.26 bits per heavy atom. The van der Waals surface area contributed by atoms with E-state index in [1.807, 2.05) is 60.7 Å². The van der Waals surface area contributed by atoms with Crippen molar-refractivity contribution in [2.75, 3.05) is 0 Å². The van der Waals surface area contributed by atoms with Gasteiger partial charge < -0.3 is 0 Å². The van der Waals surface area contributed by atoms with Gasteiger partial charge in [-0.1, -0.05) is 78.9 Å². The fourth-order valence-corrected chi connectivity index (χ4v) is 4.28. The minimum atomic E-state index is -4.32. The number of hydrogen-bond donors (Lipinski definition) is 1. The lowest BCUT2D eigenvalue weighted by Crippen LogP contribution is -2.01. The van der Waals surface area contributed by atoms with Gasteiger partial charge in [0.05, 0.1) is 5.69 Å². The molecule has 0 fully saturated rings. The molecule has 0 aliphatic heterocycles. The molecule has 0 radical (unpaired) electrons. The van der Waals surface area contributed by atoms with E-state index in [0.29, 0.717) is 5.56 Å². The Labute approximate surface area is 178 Å². The Morgan fingerprint density at radius 1 is 0.742 bits per heavy atom. The van der Waals surface area contributed by atoms with Crippen LogP contribution in [0.1, 0.15) is 11.1 Å². The highest BCUT2D eigenvalue weighted by Crippen LogP contribution is 2.25. The maximum Gasteiger partial charge on any atom is 0.295 e. The van der Waals surface area contributed by atoms with E-state index >= 15 is 0 Å². The molecule has 1 heterocycles. The van der Waals surface area contributed by atoms with E-state index in [1.54, 1.807) is 35.1 Å². The summed E-state index contributed by atoms with van der Waals surface area (Å²) in [5.74, 6) is 0. The second-order valence-electron chi connectivity index (χ2n) is 7.05. The molecule has 5 aromatic rings. The molecule has 0 amide bonds. The number of nitrogens with zero attached hydrogens (tertiary/aromatic N) is 3. The Morgan fingerprint density at radius 2 is 1.42 bits per heavy atom. The molecule has 0 aliphatic carbocycles. The molecule has 0 atom stereocenters. The number of para-hydroxylation sites is 1. The molecule has 0 saturated carbocycles. The van der Waals surface area contributed by atoms with E-state index in [9.17, 15) is 13.0 Å². The van der Waals surface area contributed by atoms with E-state index in [4.69, 9.17) is 5.10 Å². The zero-order valence-corrected chi connectivity index (χ0v) is 17.1. The largest absolute Gasteiger partial charge is 0.295 e.